The van der Waals surface area contributed by atoms with Crippen molar-refractivity contribution < 1.29 is 4.79 Å². The Morgan fingerprint density at radius 1 is 1.30 bits per heavy atom. The van der Waals surface area contributed by atoms with E-state index in [1.807, 2.05) is 18.2 Å². The van der Waals surface area contributed by atoms with Gasteiger partial charge in [-0.3, -0.25) is 9.69 Å². The molecule has 1 spiro atoms. The number of fused-ring (bicyclic) bond motifs is 3. The molecule has 2 aromatic rings. The molecule has 0 bridgehead atoms. The lowest BCUT2D eigenvalue weighted by Crippen LogP contribution is -2.39. The number of rotatable bonds is 0. The van der Waals surface area contributed by atoms with Crippen LogP contribution in [0.1, 0.15) is 16.8 Å². The Labute approximate surface area is 116 Å². The summed E-state index contributed by atoms with van der Waals surface area (Å²) in [6.07, 6.45) is 3.01. The van der Waals surface area contributed by atoms with Gasteiger partial charge in [-0.15, -0.1) is 0 Å². The minimum atomic E-state index is -0.540. The molecular weight excluding hydrogens is 252 g/mol. The first-order valence-corrected chi connectivity index (χ1v) is 6.60. The molecule has 20 heavy (non-hydrogen) atoms. The molecule has 5 heteroatoms. The maximum absolute atomic E-state index is 12.8. The standard InChI is InChI=1S/C15H14N4O/c1-19-13-10(3-2-6-17-13)15(14(19)20)7-9-4-5-12(16)18-11(9)8-15/h2-6H,7-8H2,1H3,(H2,16,18). The van der Waals surface area contributed by atoms with Gasteiger partial charge in [-0.05, 0) is 24.1 Å². The third kappa shape index (κ3) is 1.24. The highest BCUT2D eigenvalue weighted by atomic mass is 16.2. The highest BCUT2D eigenvalue weighted by Crippen LogP contribution is 2.48. The summed E-state index contributed by atoms with van der Waals surface area (Å²) in [5.74, 6) is 1.37. The first-order valence-electron chi connectivity index (χ1n) is 6.60. The second kappa shape index (κ2) is 3.56. The van der Waals surface area contributed by atoms with Crippen LogP contribution < -0.4 is 10.6 Å². The third-order valence-corrected chi connectivity index (χ3v) is 4.39. The van der Waals surface area contributed by atoms with E-state index in [0.29, 0.717) is 18.7 Å². The number of carbonyl (C=O) groups is 1. The fraction of sp³-hybridized carbons (Fsp3) is 0.267. The van der Waals surface area contributed by atoms with Crippen LogP contribution in [0.15, 0.2) is 30.5 Å². The van der Waals surface area contributed by atoms with Crippen LogP contribution in [0, 0.1) is 0 Å². The van der Waals surface area contributed by atoms with Crippen LogP contribution >= 0.6 is 0 Å². The minimum absolute atomic E-state index is 0.0998. The third-order valence-electron chi connectivity index (χ3n) is 4.39. The average molecular weight is 266 g/mol. The van der Waals surface area contributed by atoms with Crippen molar-refractivity contribution in [2.75, 3.05) is 17.7 Å². The quantitative estimate of drug-likeness (QED) is 0.774. The Kier molecular flexibility index (Phi) is 2.03. The lowest BCUT2D eigenvalue weighted by atomic mass is 9.80. The monoisotopic (exact) mass is 266 g/mol. The largest absolute Gasteiger partial charge is 0.384 e. The van der Waals surface area contributed by atoms with E-state index in [1.54, 1.807) is 24.2 Å². The molecule has 2 aliphatic rings. The predicted octanol–water partition coefficient (Wildman–Crippen LogP) is 1.07. The lowest BCUT2D eigenvalue weighted by Gasteiger charge is -2.21. The van der Waals surface area contributed by atoms with Crippen LogP contribution in [0.2, 0.25) is 0 Å². The second-order valence-electron chi connectivity index (χ2n) is 5.52. The van der Waals surface area contributed by atoms with Gasteiger partial charge in [-0.2, -0.15) is 0 Å². The molecule has 0 aromatic carbocycles. The summed E-state index contributed by atoms with van der Waals surface area (Å²) in [4.78, 5) is 23.2. The number of aromatic nitrogens is 2. The summed E-state index contributed by atoms with van der Waals surface area (Å²) in [6, 6.07) is 7.66. The van der Waals surface area contributed by atoms with Crippen molar-refractivity contribution >= 4 is 17.5 Å². The summed E-state index contributed by atoms with van der Waals surface area (Å²) in [5.41, 5.74) is 8.26. The number of amides is 1. The molecule has 1 unspecified atom stereocenters. The molecule has 2 aromatic heterocycles. The van der Waals surface area contributed by atoms with Gasteiger partial charge in [0, 0.05) is 30.9 Å². The molecule has 1 atom stereocenters. The minimum Gasteiger partial charge on any atom is -0.384 e. The SMILES string of the molecule is CN1C(=O)C2(Cc3ccc(N)nc3C2)c2cccnc21. The van der Waals surface area contributed by atoms with Gasteiger partial charge in [-0.25, -0.2) is 9.97 Å². The van der Waals surface area contributed by atoms with Gasteiger partial charge in [0.25, 0.3) is 0 Å². The van der Waals surface area contributed by atoms with Gasteiger partial charge in [0.15, 0.2) is 0 Å². The Morgan fingerprint density at radius 3 is 3.00 bits per heavy atom. The summed E-state index contributed by atoms with van der Waals surface area (Å²) < 4.78 is 0. The van der Waals surface area contributed by atoms with Crippen LogP contribution in [0.25, 0.3) is 0 Å². The number of hydrogen-bond acceptors (Lipinski definition) is 4. The highest BCUT2D eigenvalue weighted by molar-refractivity contribution is 6.07. The number of likely N-dealkylation sites (N-methyl/N-ethyl adjacent to an activating group) is 1. The number of carbonyl (C=O) groups excluding carboxylic acids is 1. The molecule has 1 aliphatic carbocycles. The van der Waals surface area contributed by atoms with Crippen molar-refractivity contribution in [2.45, 2.75) is 18.3 Å². The Hall–Kier alpha value is -2.43. The van der Waals surface area contributed by atoms with Crippen LogP contribution in [-0.2, 0) is 23.1 Å². The van der Waals surface area contributed by atoms with Crippen LogP contribution in [0.3, 0.4) is 0 Å². The van der Waals surface area contributed by atoms with E-state index in [4.69, 9.17) is 5.73 Å². The van der Waals surface area contributed by atoms with Gasteiger partial charge in [0.05, 0.1) is 5.41 Å². The zero-order valence-electron chi connectivity index (χ0n) is 11.1. The molecule has 2 N–H and O–H groups in total. The van der Waals surface area contributed by atoms with E-state index in [1.165, 1.54) is 0 Å². The van der Waals surface area contributed by atoms with Crippen molar-refractivity contribution in [1.29, 1.82) is 0 Å². The first kappa shape index (κ1) is 11.4. The first-order chi connectivity index (χ1) is 9.62. The molecule has 0 radical (unpaired) electrons. The Morgan fingerprint density at radius 2 is 2.15 bits per heavy atom. The van der Waals surface area contributed by atoms with Crippen LogP contribution in [0.5, 0.6) is 0 Å². The normalized spacial score (nSPS) is 23.2. The Bertz CT molecular complexity index is 742. The van der Waals surface area contributed by atoms with E-state index >= 15 is 0 Å². The summed E-state index contributed by atoms with van der Waals surface area (Å²) in [6.45, 7) is 0. The van der Waals surface area contributed by atoms with E-state index in [2.05, 4.69) is 9.97 Å². The summed E-state index contributed by atoms with van der Waals surface area (Å²) in [5, 5.41) is 0. The molecule has 100 valence electrons. The predicted molar refractivity (Wildman–Crippen MR) is 75.4 cm³/mol. The molecule has 4 rings (SSSR count). The van der Waals surface area contributed by atoms with Crippen LogP contribution in [0.4, 0.5) is 11.6 Å². The van der Waals surface area contributed by atoms with Gasteiger partial charge in [-0.1, -0.05) is 12.1 Å². The number of nitrogens with two attached hydrogens (primary N) is 1. The fourth-order valence-electron chi connectivity index (χ4n) is 3.45. The van der Waals surface area contributed by atoms with Crippen LogP contribution in [-0.4, -0.2) is 22.9 Å². The van der Waals surface area contributed by atoms with E-state index in [9.17, 15) is 4.79 Å². The van der Waals surface area contributed by atoms with Gasteiger partial charge >= 0.3 is 0 Å². The molecule has 0 saturated carbocycles. The second-order valence-corrected chi connectivity index (χ2v) is 5.52. The van der Waals surface area contributed by atoms with E-state index in [0.717, 1.165) is 22.6 Å². The van der Waals surface area contributed by atoms with Gasteiger partial charge in [0.2, 0.25) is 5.91 Å². The maximum atomic E-state index is 12.8. The number of pyridine rings is 2. The van der Waals surface area contributed by atoms with Gasteiger partial charge < -0.3 is 5.73 Å². The van der Waals surface area contributed by atoms with Crippen molar-refractivity contribution in [3.63, 3.8) is 0 Å². The van der Waals surface area contributed by atoms with E-state index < -0.39 is 5.41 Å². The number of nitrogen functional groups attached to an aromatic ring is 1. The molecule has 5 nitrogen and oxygen atoms in total. The van der Waals surface area contributed by atoms with Crippen molar-refractivity contribution in [1.82, 2.24) is 9.97 Å². The molecule has 1 amide bonds. The topological polar surface area (TPSA) is 72.1 Å². The number of anilines is 2. The lowest BCUT2D eigenvalue weighted by molar-refractivity contribution is -0.122. The molecule has 0 fully saturated rings. The maximum Gasteiger partial charge on any atom is 0.239 e. The average Bonchev–Trinajstić information content (AvgIpc) is 2.93. The molecule has 1 aliphatic heterocycles. The van der Waals surface area contributed by atoms with Crippen molar-refractivity contribution in [3.05, 3.63) is 47.3 Å². The summed E-state index contributed by atoms with van der Waals surface area (Å²) in [7, 11) is 1.79. The van der Waals surface area contributed by atoms with Crippen molar-refractivity contribution in [2.24, 2.45) is 0 Å². The molecular formula is C15H14N4O. The number of hydrogen-bond donors (Lipinski definition) is 1. The molecule has 3 heterocycles. The fourth-order valence-corrected chi connectivity index (χ4v) is 3.45. The Balaban J connectivity index is 1.90. The molecule has 0 saturated heterocycles. The zero-order valence-corrected chi connectivity index (χ0v) is 11.1. The zero-order chi connectivity index (χ0) is 13.9. The van der Waals surface area contributed by atoms with Crippen molar-refractivity contribution in [3.8, 4) is 0 Å². The highest BCUT2D eigenvalue weighted by Gasteiger charge is 2.53. The van der Waals surface area contributed by atoms with Gasteiger partial charge in [0.1, 0.15) is 11.6 Å². The van der Waals surface area contributed by atoms with E-state index in [-0.39, 0.29) is 5.91 Å². The smallest absolute Gasteiger partial charge is 0.239 e. The number of nitrogens with zero attached hydrogens (tertiary/aromatic N) is 3. The summed E-state index contributed by atoms with van der Waals surface area (Å²) >= 11 is 0.